The van der Waals surface area contributed by atoms with Crippen molar-refractivity contribution in [3.8, 4) is 6.07 Å². The van der Waals surface area contributed by atoms with Crippen molar-refractivity contribution in [3.63, 3.8) is 0 Å². The number of aromatic carboxylic acids is 1. The molecule has 1 atom stereocenters. The van der Waals surface area contributed by atoms with Crippen LogP contribution in [0.4, 0.5) is 17.5 Å². The molecule has 0 unspecified atom stereocenters. The monoisotopic (exact) mass is 363 g/mol. The van der Waals surface area contributed by atoms with Gasteiger partial charge in [-0.3, -0.25) is 9.69 Å². The van der Waals surface area contributed by atoms with E-state index in [1.807, 2.05) is 0 Å². The molecule has 1 aliphatic carbocycles. The van der Waals surface area contributed by atoms with E-state index in [4.69, 9.17) is 5.11 Å². The smallest absolute Gasteiger partial charge is 0.335 e. The van der Waals surface area contributed by atoms with Crippen LogP contribution in [0.1, 0.15) is 29.6 Å². The third kappa shape index (κ3) is 2.97. The van der Waals surface area contributed by atoms with Gasteiger partial charge in [-0.2, -0.15) is 10.2 Å². The summed E-state index contributed by atoms with van der Waals surface area (Å²) in [6.45, 7) is 0.465. The number of nitrogens with one attached hydrogen (secondary N) is 1. The highest BCUT2D eigenvalue weighted by Gasteiger charge is 2.57. The highest BCUT2D eigenvalue weighted by molar-refractivity contribution is 6.01. The second-order valence-electron chi connectivity index (χ2n) is 6.81. The molecule has 8 heteroatoms. The molecule has 1 saturated carbocycles. The van der Waals surface area contributed by atoms with Crippen molar-refractivity contribution in [3.05, 3.63) is 42.1 Å². The standard InChI is InChI=1S/C19H17N5O3/c20-11-19(13-3-4-13)8-10-24(17(19)27)15-7-9-21-18(23-15)22-14-5-1-12(2-6-14)16(25)26/h1-2,5-7,9,13H,3-4,8,10H2,(H,25,26)(H,21,22,23)/t19-/m1/s1. The molecule has 2 N–H and O–H groups in total. The summed E-state index contributed by atoms with van der Waals surface area (Å²) < 4.78 is 0. The minimum atomic E-state index is -0.996. The number of benzene rings is 1. The van der Waals surface area contributed by atoms with Crippen molar-refractivity contribution in [2.24, 2.45) is 11.3 Å². The van der Waals surface area contributed by atoms with Gasteiger partial charge in [-0.05, 0) is 55.5 Å². The summed E-state index contributed by atoms with van der Waals surface area (Å²) in [5, 5.41) is 21.5. The highest BCUT2D eigenvalue weighted by atomic mass is 16.4. The number of aromatic nitrogens is 2. The third-order valence-electron chi connectivity index (χ3n) is 5.14. The summed E-state index contributed by atoms with van der Waals surface area (Å²) in [4.78, 5) is 33.9. The molecule has 2 aromatic rings. The lowest BCUT2D eigenvalue weighted by molar-refractivity contribution is -0.123. The molecule has 27 heavy (non-hydrogen) atoms. The number of nitriles is 1. The summed E-state index contributed by atoms with van der Waals surface area (Å²) in [5.74, 6) is -0.263. The zero-order chi connectivity index (χ0) is 19.0. The lowest BCUT2D eigenvalue weighted by atomic mass is 9.83. The number of nitrogens with zero attached hydrogens (tertiary/aromatic N) is 4. The van der Waals surface area contributed by atoms with E-state index in [1.165, 1.54) is 12.1 Å². The number of carboxylic acids is 1. The molecule has 8 nitrogen and oxygen atoms in total. The SMILES string of the molecule is N#C[C@@]1(C2CC2)CCN(c2ccnc(Nc3ccc(C(=O)O)cc3)n2)C1=O. The number of anilines is 3. The molecule has 4 rings (SSSR count). The average molecular weight is 363 g/mol. The Morgan fingerprint density at radius 2 is 2.04 bits per heavy atom. The number of carbonyl (C=O) groups is 2. The van der Waals surface area contributed by atoms with Crippen LogP contribution in [0.2, 0.25) is 0 Å². The van der Waals surface area contributed by atoms with E-state index in [0.29, 0.717) is 30.4 Å². The fraction of sp³-hybridized carbons (Fsp3) is 0.316. The Balaban J connectivity index is 1.54. The maximum Gasteiger partial charge on any atom is 0.335 e. The Kier molecular flexibility index (Phi) is 4.00. The Morgan fingerprint density at radius 1 is 1.30 bits per heavy atom. The molecule has 0 spiro atoms. The van der Waals surface area contributed by atoms with Crippen molar-refractivity contribution in [2.45, 2.75) is 19.3 Å². The molecular weight excluding hydrogens is 346 g/mol. The van der Waals surface area contributed by atoms with E-state index in [9.17, 15) is 14.9 Å². The number of amides is 1. The van der Waals surface area contributed by atoms with Crippen LogP contribution in [0.5, 0.6) is 0 Å². The van der Waals surface area contributed by atoms with Crippen LogP contribution >= 0.6 is 0 Å². The molecule has 136 valence electrons. The van der Waals surface area contributed by atoms with Crippen LogP contribution < -0.4 is 10.2 Å². The fourth-order valence-electron chi connectivity index (χ4n) is 3.49. The van der Waals surface area contributed by atoms with Crippen molar-refractivity contribution >= 4 is 29.3 Å². The number of rotatable bonds is 5. The van der Waals surface area contributed by atoms with Crippen LogP contribution in [0.15, 0.2) is 36.5 Å². The molecule has 2 heterocycles. The number of carbonyl (C=O) groups excluding carboxylic acids is 1. The first kappa shape index (κ1) is 17.0. The van der Waals surface area contributed by atoms with Gasteiger partial charge < -0.3 is 10.4 Å². The summed E-state index contributed by atoms with van der Waals surface area (Å²) in [6, 6.07) is 10.1. The van der Waals surface area contributed by atoms with E-state index < -0.39 is 11.4 Å². The molecule has 1 aromatic heterocycles. The van der Waals surface area contributed by atoms with Crippen LogP contribution in [0, 0.1) is 22.7 Å². The van der Waals surface area contributed by atoms with Gasteiger partial charge in [0.05, 0.1) is 11.6 Å². The predicted octanol–water partition coefficient (Wildman–Crippen LogP) is 2.58. The second kappa shape index (κ2) is 6.36. The first-order chi connectivity index (χ1) is 13.0. The zero-order valence-corrected chi connectivity index (χ0v) is 14.4. The van der Waals surface area contributed by atoms with Gasteiger partial charge in [0.25, 0.3) is 0 Å². The van der Waals surface area contributed by atoms with Crippen LogP contribution in [0.25, 0.3) is 0 Å². The number of hydrogen-bond donors (Lipinski definition) is 2. The summed E-state index contributed by atoms with van der Waals surface area (Å²) in [5.41, 5.74) is -0.0920. The van der Waals surface area contributed by atoms with E-state index in [1.54, 1.807) is 29.3 Å². The van der Waals surface area contributed by atoms with Crippen LogP contribution in [-0.2, 0) is 4.79 Å². The topological polar surface area (TPSA) is 119 Å². The normalized spacial score (nSPS) is 21.7. The lowest BCUT2D eigenvalue weighted by Crippen LogP contribution is -2.35. The van der Waals surface area contributed by atoms with Crippen molar-refractivity contribution in [1.82, 2.24) is 9.97 Å². The van der Waals surface area contributed by atoms with E-state index in [-0.39, 0.29) is 17.4 Å². The molecule has 1 aliphatic heterocycles. The van der Waals surface area contributed by atoms with Gasteiger partial charge in [0, 0.05) is 18.4 Å². The molecular formula is C19H17N5O3. The first-order valence-electron chi connectivity index (χ1n) is 8.70. The predicted molar refractivity (Wildman–Crippen MR) is 96.5 cm³/mol. The van der Waals surface area contributed by atoms with Gasteiger partial charge in [-0.25, -0.2) is 9.78 Å². The van der Waals surface area contributed by atoms with E-state index in [0.717, 1.165) is 12.8 Å². The van der Waals surface area contributed by atoms with Crippen LogP contribution in [0.3, 0.4) is 0 Å². The number of hydrogen-bond acceptors (Lipinski definition) is 6. The maximum absolute atomic E-state index is 12.9. The summed E-state index contributed by atoms with van der Waals surface area (Å²) in [6.07, 6.45) is 3.93. The minimum Gasteiger partial charge on any atom is -0.478 e. The van der Waals surface area contributed by atoms with E-state index >= 15 is 0 Å². The second-order valence-corrected chi connectivity index (χ2v) is 6.81. The zero-order valence-electron chi connectivity index (χ0n) is 14.4. The summed E-state index contributed by atoms with van der Waals surface area (Å²) >= 11 is 0. The van der Waals surface area contributed by atoms with Gasteiger partial charge in [-0.15, -0.1) is 0 Å². The highest BCUT2D eigenvalue weighted by Crippen LogP contribution is 2.51. The van der Waals surface area contributed by atoms with Gasteiger partial charge >= 0.3 is 5.97 Å². The molecule has 1 aromatic carbocycles. The molecule has 0 bridgehead atoms. The van der Waals surface area contributed by atoms with Gasteiger partial charge in [0.1, 0.15) is 11.2 Å². The molecule has 1 amide bonds. The number of carboxylic acid groups (broad SMARTS) is 1. The minimum absolute atomic E-state index is 0.159. The molecule has 2 aliphatic rings. The Labute approximate surface area is 155 Å². The van der Waals surface area contributed by atoms with Gasteiger partial charge in [0.2, 0.25) is 11.9 Å². The largest absolute Gasteiger partial charge is 0.478 e. The van der Waals surface area contributed by atoms with Gasteiger partial charge in [-0.1, -0.05) is 0 Å². The van der Waals surface area contributed by atoms with Crippen molar-refractivity contribution in [2.75, 3.05) is 16.8 Å². The lowest BCUT2D eigenvalue weighted by Gasteiger charge is -2.20. The Hall–Kier alpha value is -3.47. The van der Waals surface area contributed by atoms with E-state index in [2.05, 4.69) is 21.4 Å². The molecule has 2 fully saturated rings. The van der Waals surface area contributed by atoms with Gasteiger partial charge in [0.15, 0.2) is 0 Å². The summed E-state index contributed by atoms with van der Waals surface area (Å²) in [7, 11) is 0. The maximum atomic E-state index is 12.9. The van der Waals surface area contributed by atoms with Crippen molar-refractivity contribution in [1.29, 1.82) is 5.26 Å². The fourth-order valence-corrected chi connectivity index (χ4v) is 3.49. The first-order valence-corrected chi connectivity index (χ1v) is 8.70. The third-order valence-corrected chi connectivity index (χ3v) is 5.14. The van der Waals surface area contributed by atoms with Crippen LogP contribution in [-0.4, -0.2) is 33.5 Å². The quantitative estimate of drug-likeness (QED) is 0.838. The average Bonchev–Trinajstić information content (AvgIpc) is 3.47. The Morgan fingerprint density at radius 3 is 2.67 bits per heavy atom. The molecule has 1 saturated heterocycles. The Bertz CT molecular complexity index is 949. The molecule has 0 radical (unpaired) electrons. The van der Waals surface area contributed by atoms with Crippen molar-refractivity contribution < 1.29 is 14.7 Å².